The van der Waals surface area contributed by atoms with Crippen LogP contribution in [0.2, 0.25) is 0 Å². The van der Waals surface area contributed by atoms with E-state index in [1.54, 1.807) is 6.07 Å². The summed E-state index contributed by atoms with van der Waals surface area (Å²) in [4.78, 5) is 25.0. The van der Waals surface area contributed by atoms with Gasteiger partial charge in [-0.1, -0.05) is 12.1 Å². The summed E-state index contributed by atoms with van der Waals surface area (Å²) in [7, 11) is -3.55. The minimum Gasteiger partial charge on any atom is -0.478 e. The second kappa shape index (κ2) is 10.8. The van der Waals surface area contributed by atoms with Gasteiger partial charge in [0.2, 0.25) is 10.0 Å². The zero-order chi connectivity index (χ0) is 26.6. The molecule has 2 aromatic rings. The average molecular weight is 518 g/mol. The number of rotatable bonds is 5. The molecule has 0 atom stereocenters. The minimum atomic E-state index is -5.08. The molecule has 35 heavy (non-hydrogen) atoms. The lowest BCUT2D eigenvalue weighted by molar-refractivity contribution is -0.192. The fourth-order valence-electron chi connectivity index (χ4n) is 3.48. The molecule has 1 heterocycles. The van der Waals surface area contributed by atoms with E-state index in [0.29, 0.717) is 0 Å². The van der Waals surface area contributed by atoms with E-state index in [-0.39, 0.29) is 11.3 Å². The summed E-state index contributed by atoms with van der Waals surface area (Å²) in [5.41, 5.74) is 4.57. The van der Waals surface area contributed by atoms with Crippen molar-refractivity contribution < 1.29 is 41.4 Å². The maximum Gasteiger partial charge on any atom is 0.490 e. The van der Waals surface area contributed by atoms with Crippen LogP contribution in [-0.2, 0) is 14.8 Å². The van der Waals surface area contributed by atoms with Gasteiger partial charge in [-0.05, 0) is 49.2 Å². The summed E-state index contributed by atoms with van der Waals surface area (Å²) >= 11 is 0. The number of aromatic carboxylic acids is 1. The van der Waals surface area contributed by atoms with Gasteiger partial charge in [0, 0.05) is 37.6 Å². The molecular formula is C22H26F3N3O6S. The number of hydrogen-bond acceptors (Lipinski definition) is 6. The number of alkyl halides is 3. The highest BCUT2D eigenvalue weighted by molar-refractivity contribution is 7.92. The first-order chi connectivity index (χ1) is 16.1. The summed E-state index contributed by atoms with van der Waals surface area (Å²) in [6, 6.07) is 11.1. The van der Waals surface area contributed by atoms with Crippen molar-refractivity contribution >= 4 is 39.0 Å². The molecule has 0 spiro atoms. The van der Waals surface area contributed by atoms with Crippen LogP contribution in [0.15, 0.2) is 36.4 Å². The van der Waals surface area contributed by atoms with Gasteiger partial charge in [0.05, 0.1) is 17.5 Å². The van der Waals surface area contributed by atoms with E-state index < -0.39 is 28.1 Å². The van der Waals surface area contributed by atoms with E-state index in [0.717, 1.165) is 38.1 Å². The first kappa shape index (κ1) is 27.8. The number of nitrogens with zero attached hydrogens (tertiary/aromatic N) is 2. The number of carboxylic acid groups (broad SMARTS) is 2. The topological polar surface area (TPSA) is 127 Å². The van der Waals surface area contributed by atoms with Crippen LogP contribution in [0.25, 0.3) is 0 Å². The Morgan fingerprint density at radius 2 is 1.51 bits per heavy atom. The van der Waals surface area contributed by atoms with E-state index in [1.807, 2.05) is 0 Å². The zero-order valence-corrected chi connectivity index (χ0v) is 20.1. The Bertz CT molecular complexity index is 1190. The van der Waals surface area contributed by atoms with Crippen LogP contribution in [0.1, 0.15) is 21.5 Å². The summed E-state index contributed by atoms with van der Waals surface area (Å²) in [6.07, 6.45) is -4.08. The van der Waals surface area contributed by atoms with Crippen molar-refractivity contribution in [3.05, 3.63) is 53.1 Å². The standard InChI is InChI=1S/C20H25N3O4S.C2HF3O2/c1-14-5-4-6-19(15(14)2)23-11-9-22(10-12-23)16-7-8-18(21-28(3,26)27)17(13-16)20(24)25;3-2(4,5)1(6)7/h4-8,13,21H,9-12H2,1-3H3,(H,24,25);(H,6,7). The molecule has 13 heteroatoms. The minimum absolute atomic E-state index is 0.0557. The summed E-state index contributed by atoms with van der Waals surface area (Å²) in [6.45, 7) is 7.40. The number of carbonyl (C=O) groups is 2. The van der Waals surface area contributed by atoms with Gasteiger partial charge in [-0.15, -0.1) is 0 Å². The SMILES string of the molecule is Cc1cccc(N2CCN(c3ccc(NS(C)(=O)=O)c(C(=O)O)c3)CC2)c1C.O=C(O)C(F)(F)F. The number of anilines is 3. The van der Waals surface area contributed by atoms with Crippen LogP contribution in [0.4, 0.5) is 30.2 Å². The lowest BCUT2D eigenvalue weighted by atomic mass is 10.1. The smallest absolute Gasteiger partial charge is 0.478 e. The van der Waals surface area contributed by atoms with Crippen molar-refractivity contribution in [2.24, 2.45) is 0 Å². The summed E-state index contributed by atoms with van der Waals surface area (Å²) < 4.78 is 56.9. The van der Waals surface area contributed by atoms with Crippen LogP contribution in [0.5, 0.6) is 0 Å². The molecule has 3 N–H and O–H groups in total. The van der Waals surface area contributed by atoms with Crippen molar-refractivity contribution in [2.45, 2.75) is 20.0 Å². The Morgan fingerprint density at radius 1 is 0.971 bits per heavy atom. The van der Waals surface area contributed by atoms with Crippen molar-refractivity contribution in [1.29, 1.82) is 0 Å². The quantitative estimate of drug-likeness (QED) is 0.551. The van der Waals surface area contributed by atoms with E-state index in [4.69, 9.17) is 9.90 Å². The second-order valence-corrected chi connectivity index (χ2v) is 9.65. The van der Waals surface area contributed by atoms with Gasteiger partial charge in [0.25, 0.3) is 0 Å². The molecule has 0 radical (unpaired) electrons. The first-order valence-electron chi connectivity index (χ1n) is 10.3. The van der Waals surface area contributed by atoms with Gasteiger partial charge >= 0.3 is 18.1 Å². The number of sulfonamides is 1. The molecule has 192 valence electrons. The molecule has 1 aliphatic rings. The van der Waals surface area contributed by atoms with Gasteiger partial charge in [-0.3, -0.25) is 4.72 Å². The number of aliphatic carboxylic acids is 1. The fraction of sp³-hybridized carbons (Fsp3) is 0.364. The summed E-state index contributed by atoms with van der Waals surface area (Å²) in [5.74, 6) is -3.92. The zero-order valence-electron chi connectivity index (χ0n) is 19.3. The predicted octanol–water partition coefficient (Wildman–Crippen LogP) is 3.33. The van der Waals surface area contributed by atoms with Crippen LogP contribution >= 0.6 is 0 Å². The fourth-order valence-corrected chi connectivity index (χ4v) is 4.06. The van der Waals surface area contributed by atoms with Gasteiger partial charge < -0.3 is 20.0 Å². The third-order valence-electron chi connectivity index (χ3n) is 5.33. The van der Waals surface area contributed by atoms with Crippen molar-refractivity contribution in [2.75, 3.05) is 47.0 Å². The molecule has 0 saturated carbocycles. The number of aryl methyl sites for hydroxylation is 1. The normalized spacial score (nSPS) is 14.1. The van der Waals surface area contributed by atoms with Gasteiger partial charge in [-0.2, -0.15) is 13.2 Å². The van der Waals surface area contributed by atoms with E-state index in [2.05, 4.69) is 46.6 Å². The second-order valence-electron chi connectivity index (χ2n) is 7.91. The maximum absolute atomic E-state index is 11.6. The van der Waals surface area contributed by atoms with Crippen LogP contribution in [-0.4, -0.2) is 69.2 Å². The molecule has 0 bridgehead atoms. The van der Waals surface area contributed by atoms with E-state index >= 15 is 0 Å². The lowest BCUT2D eigenvalue weighted by Crippen LogP contribution is -2.46. The third kappa shape index (κ3) is 7.77. The van der Waals surface area contributed by atoms with Crippen LogP contribution < -0.4 is 14.5 Å². The molecule has 1 saturated heterocycles. The van der Waals surface area contributed by atoms with E-state index in [1.165, 1.54) is 28.9 Å². The highest BCUT2D eigenvalue weighted by Gasteiger charge is 2.38. The first-order valence-corrected chi connectivity index (χ1v) is 12.2. The molecule has 9 nitrogen and oxygen atoms in total. The molecule has 0 unspecified atom stereocenters. The lowest BCUT2D eigenvalue weighted by Gasteiger charge is -2.38. The van der Waals surface area contributed by atoms with Crippen molar-refractivity contribution in [1.82, 2.24) is 0 Å². The third-order valence-corrected chi connectivity index (χ3v) is 5.92. The number of halogens is 3. The van der Waals surface area contributed by atoms with Crippen LogP contribution in [0, 0.1) is 13.8 Å². The Kier molecular flexibility index (Phi) is 8.60. The molecule has 1 fully saturated rings. The number of benzene rings is 2. The highest BCUT2D eigenvalue weighted by atomic mass is 32.2. The number of carboxylic acids is 2. The number of hydrogen-bond donors (Lipinski definition) is 3. The summed E-state index contributed by atoms with van der Waals surface area (Å²) in [5, 5.41) is 16.6. The van der Waals surface area contributed by atoms with Crippen molar-refractivity contribution in [3.63, 3.8) is 0 Å². The molecular weight excluding hydrogens is 491 g/mol. The monoisotopic (exact) mass is 517 g/mol. The predicted molar refractivity (Wildman–Crippen MR) is 126 cm³/mol. The molecule has 0 amide bonds. The molecule has 1 aliphatic heterocycles. The Balaban J connectivity index is 0.000000540. The molecule has 0 aliphatic carbocycles. The van der Waals surface area contributed by atoms with Crippen LogP contribution in [0.3, 0.4) is 0 Å². The largest absolute Gasteiger partial charge is 0.490 e. The average Bonchev–Trinajstić information content (AvgIpc) is 2.75. The Hall–Kier alpha value is -3.48. The maximum atomic E-state index is 11.6. The number of nitrogens with one attached hydrogen (secondary N) is 1. The van der Waals surface area contributed by atoms with Crippen molar-refractivity contribution in [3.8, 4) is 0 Å². The highest BCUT2D eigenvalue weighted by Crippen LogP contribution is 2.28. The molecule has 2 aromatic carbocycles. The van der Waals surface area contributed by atoms with E-state index in [9.17, 15) is 31.5 Å². The van der Waals surface area contributed by atoms with Gasteiger partial charge in [0.15, 0.2) is 0 Å². The molecule has 3 rings (SSSR count). The molecule has 0 aromatic heterocycles. The van der Waals surface area contributed by atoms with Gasteiger partial charge in [0.1, 0.15) is 0 Å². The number of piperazine rings is 1. The Labute approximate surface area is 200 Å². The van der Waals surface area contributed by atoms with Gasteiger partial charge in [-0.25, -0.2) is 18.0 Å². The Morgan fingerprint density at radius 3 is 2.00 bits per heavy atom.